The van der Waals surface area contributed by atoms with E-state index in [1.165, 1.54) is 96.3 Å². The third-order valence-electron chi connectivity index (χ3n) is 5.27. The third kappa shape index (κ3) is 18.4. The minimum atomic E-state index is -0.0486. The van der Waals surface area contributed by atoms with Crippen LogP contribution in [0.5, 0.6) is 0 Å². The second kappa shape index (κ2) is 21.5. The summed E-state index contributed by atoms with van der Waals surface area (Å²) in [5.74, 6) is 0. The summed E-state index contributed by atoms with van der Waals surface area (Å²) in [5, 5.41) is 11.9. The fourth-order valence-electron chi connectivity index (χ4n) is 3.55. The molecule has 27 heavy (non-hydrogen) atoms. The number of aliphatic hydroxyl groups excluding tert-OH is 1. The van der Waals surface area contributed by atoms with Crippen LogP contribution in [-0.4, -0.2) is 42.3 Å². The topological polar surface area (TPSA) is 52.6 Å². The molecule has 0 aromatic rings. The van der Waals surface area contributed by atoms with Crippen LogP contribution in [0.4, 0.5) is 4.79 Å². The highest BCUT2D eigenvalue weighted by Gasteiger charge is 2.10. The lowest BCUT2D eigenvalue weighted by Gasteiger charge is -2.21. The summed E-state index contributed by atoms with van der Waals surface area (Å²) in [6.45, 7) is 6.07. The molecule has 0 bridgehead atoms. The van der Waals surface area contributed by atoms with Gasteiger partial charge in [0.1, 0.15) is 0 Å². The van der Waals surface area contributed by atoms with Crippen LogP contribution in [0.1, 0.15) is 117 Å². The van der Waals surface area contributed by atoms with Crippen molar-refractivity contribution in [1.29, 1.82) is 0 Å². The standard InChI is InChI=1S/C23H48N2O2/c1-3-5-6-7-8-9-10-11-12-13-14-15-16-17-18-19-20-25(21-22-26)23(27)24-4-2/h26H,3-22H2,1-2H3,(H,24,27). The van der Waals surface area contributed by atoms with Crippen molar-refractivity contribution in [1.82, 2.24) is 10.2 Å². The first-order chi connectivity index (χ1) is 13.3. The number of nitrogens with zero attached hydrogens (tertiary/aromatic N) is 1. The summed E-state index contributed by atoms with van der Waals surface area (Å²) in [6.07, 6.45) is 21.7. The van der Waals surface area contributed by atoms with Crippen LogP contribution in [0.25, 0.3) is 0 Å². The highest BCUT2D eigenvalue weighted by Crippen LogP contribution is 2.13. The van der Waals surface area contributed by atoms with E-state index in [0.717, 1.165) is 13.0 Å². The molecule has 0 aliphatic carbocycles. The molecule has 0 atom stereocenters. The molecule has 4 nitrogen and oxygen atoms in total. The Balaban J connectivity index is 3.31. The molecule has 0 fully saturated rings. The molecule has 0 aliphatic rings. The van der Waals surface area contributed by atoms with Crippen molar-refractivity contribution in [2.24, 2.45) is 0 Å². The number of urea groups is 1. The first-order valence-electron chi connectivity index (χ1n) is 11.9. The molecule has 2 amide bonds. The molecule has 0 rings (SSSR count). The minimum absolute atomic E-state index is 0.0377. The molecular formula is C23H48N2O2. The predicted molar refractivity (Wildman–Crippen MR) is 117 cm³/mol. The van der Waals surface area contributed by atoms with E-state index in [0.29, 0.717) is 13.1 Å². The summed E-state index contributed by atoms with van der Waals surface area (Å²) < 4.78 is 0. The third-order valence-corrected chi connectivity index (χ3v) is 5.27. The predicted octanol–water partition coefficient (Wildman–Crippen LogP) is 6.27. The van der Waals surface area contributed by atoms with Gasteiger partial charge >= 0.3 is 6.03 Å². The number of nitrogens with one attached hydrogen (secondary N) is 1. The van der Waals surface area contributed by atoms with Gasteiger partial charge in [-0.1, -0.05) is 103 Å². The Hall–Kier alpha value is -0.770. The van der Waals surface area contributed by atoms with E-state index < -0.39 is 0 Å². The number of carbonyl (C=O) groups excluding carboxylic acids is 1. The molecule has 0 aromatic carbocycles. The van der Waals surface area contributed by atoms with Crippen LogP contribution in [0, 0.1) is 0 Å². The zero-order chi connectivity index (χ0) is 20.0. The summed E-state index contributed by atoms with van der Waals surface area (Å²) in [7, 11) is 0. The Morgan fingerprint density at radius 3 is 1.44 bits per heavy atom. The molecule has 2 N–H and O–H groups in total. The lowest BCUT2D eigenvalue weighted by Crippen LogP contribution is -2.41. The Kier molecular flexibility index (Phi) is 20.9. The number of amides is 2. The Bertz CT molecular complexity index is 311. The second-order valence-corrected chi connectivity index (χ2v) is 7.85. The van der Waals surface area contributed by atoms with Crippen molar-refractivity contribution >= 4 is 6.03 Å². The van der Waals surface area contributed by atoms with E-state index in [4.69, 9.17) is 5.11 Å². The van der Waals surface area contributed by atoms with Gasteiger partial charge in [0.05, 0.1) is 6.61 Å². The quantitative estimate of drug-likeness (QED) is 0.243. The first-order valence-corrected chi connectivity index (χ1v) is 11.9. The molecule has 0 saturated heterocycles. The van der Waals surface area contributed by atoms with Gasteiger partial charge in [-0.25, -0.2) is 4.79 Å². The second-order valence-electron chi connectivity index (χ2n) is 7.85. The molecule has 0 unspecified atom stereocenters. The van der Waals surface area contributed by atoms with Gasteiger partial charge in [-0.2, -0.15) is 0 Å². The maximum atomic E-state index is 11.8. The lowest BCUT2D eigenvalue weighted by molar-refractivity contribution is 0.176. The normalized spacial score (nSPS) is 10.9. The van der Waals surface area contributed by atoms with Crippen molar-refractivity contribution in [3.05, 3.63) is 0 Å². The van der Waals surface area contributed by atoms with Crippen LogP contribution in [-0.2, 0) is 0 Å². The average Bonchev–Trinajstić information content (AvgIpc) is 2.67. The van der Waals surface area contributed by atoms with Gasteiger partial charge in [0, 0.05) is 19.6 Å². The van der Waals surface area contributed by atoms with Crippen molar-refractivity contribution in [3.8, 4) is 0 Å². The van der Waals surface area contributed by atoms with Crippen LogP contribution >= 0.6 is 0 Å². The van der Waals surface area contributed by atoms with Crippen LogP contribution in [0.2, 0.25) is 0 Å². The average molecular weight is 385 g/mol. The Morgan fingerprint density at radius 2 is 1.07 bits per heavy atom. The molecule has 0 heterocycles. The number of aliphatic hydroxyl groups is 1. The van der Waals surface area contributed by atoms with E-state index in [9.17, 15) is 4.79 Å². The molecule has 162 valence electrons. The van der Waals surface area contributed by atoms with Crippen molar-refractivity contribution < 1.29 is 9.90 Å². The molecule has 4 heteroatoms. The molecule has 0 radical (unpaired) electrons. The number of unbranched alkanes of at least 4 members (excludes halogenated alkanes) is 15. The zero-order valence-corrected chi connectivity index (χ0v) is 18.4. The van der Waals surface area contributed by atoms with Gasteiger partial charge in [0.15, 0.2) is 0 Å². The number of hydrogen-bond donors (Lipinski definition) is 2. The summed E-state index contributed by atoms with van der Waals surface area (Å²) in [6, 6.07) is -0.0486. The smallest absolute Gasteiger partial charge is 0.317 e. The minimum Gasteiger partial charge on any atom is -0.395 e. The summed E-state index contributed by atoms with van der Waals surface area (Å²) in [5.41, 5.74) is 0. The largest absolute Gasteiger partial charge is 0.395 e. The first kappa shape index (κ1) is 26.2. The van der Waals surface area contributed by atoms with Crippen LogP contribution < -0.4 is 5.32 Å². The van der Waals surface area contributed by atoms with E-state index in [1.54, 1.807) is 4.90 Å². The van der Waals surface area contributed by atoms with E-state index >= 15 is 0 Å². The SMILES string of the molecule is CCCCCCCCCCCCCCCCCCN(CCO)C(=O)NCC. The molecule has 0 saturated carbocycles. The monoisotopic (exact) mass is 384 g/mol. The lowest BCUT2D eigenvalue weighted by atomic mass is 10.0. The van der Waals surface area contributed by atoms with Gasteiger partial charge in [-0.15, -0.1) is 0 Å². The number of hydrogen-bond acceptors (Lipinski definition) is 2. The van der Waals surface area contributed by atoms with E-state index in [1.807, 2.05) is 6.92 Å². The van der Waals surface area contributed by atoms with Crippen molar-refractivity contribution in [2.75, 3.05) is 26.2 Å². The van der Waals surface area contributed by atoms with E-state index in [2.05, 4.69) is 12.2 Å². The molecular weight excluding hydrogens is 336 g/mol. The number of rotatable bonds is 20. The fraction of sp³-hybridized carbons (Fsp3) is 0.957. The van der Waals surface area contributed by atoms with Gasteiger partial charge < -0.3 is 15.3 Å². The number of carbonyl (C=O) groups is 1. The highest BCUT2D eigenvalue weighted by molar-refractivity contribution is 5.74. The summed E-state index contributed by atoms with van der Waals surface area (Å²) >= 11 is 0. The maximum Gasteiger partial charge on any atom is 0.317 e. The fourth-order valence-corrected chi connectivity index (χ4v) is 3.55. The van der Waals surface area contributed by atoms with Gasteiger partial charge in [-0.3, -0.25) is 0 Å². The van der Waals surface area contributed by atoms with E-state index in [-0.39, 0.29) is 12.6 Å². The molecule has 0 aromatic heterocycles. The summed E-state index contributed by atoms with van der Waals surface area (Å²) in [4.78, 5) is 13.6. The highest BCUT2D eigenvalue weighted by atomic mass is 16.3. The molecule has 0 spiro atoms. The molecule has 0 aliphatic heterocycles. The van der Waals surface area contributed by atoms with Crippen LogP contribution in [0.15, 0.2) is 0 Å². The van der Waals surface area contributed by atoms with Gasteiger partial charge in [-0.05, 0) is 13.3 Å². The van der Waals surface area contributed by atoms with Gasteiger partial charge in [0.25, 0.3) is 0 Å². The van der Waals surface area contributed by atoms with Crippen molar-refractivity contribution in [2.45, 2.75) is 117 Å². The Morgan fingerprint density at radius 1 is 0.667 bits per heavy atom. The van der Waals surface area contributed by atoms with Gasteiger partial charge in [0.2, 0.25) is 0 Å². The Labute approximate surface area is 169 Å². The maximum absolute atomic E-state index is 11.8. The zero-order valence-electron chi connectivity index (χ0n) is 18.4. The van der Waals surface area contributed by atoms with Crippen molar-refractivity contribution in [3.63, 3.8) is 0 Å². The van der Waals surface area contributed by atoms with Crippen LogP contribution in [0.3, 0.4) is 0 Å².